The third-order valence-electron chi connectivity index (χ3n) is 3.60. The summed E-state index contributed by atoms with van der Waals surface area (Å²) in [6.07, 6.45) is 3.65. The van der Waals surface area contributed by atoms with Crippen LogP contribution >= 0.6 is 0 Å². The molecule has 0 radical (unpaired) electrons. The largest absolute Gasteiger partial charge is 0.481 e. The van der Waals surface area contributed by atoms with E-state index in [-0.39, 0.29) is 6.42 Å². The van der Waals surface area contributed by atoms with Crippen LogP contribution in [0.1, 0.15) is 59.3 Å². The van der Waals surface area contributed by atoms with E-state index >= 15 is 0 Å². The summed E-state index contributed by atoms with van der Waals surface area (Å²) in [7, 11) is 0. The van der Waals surface area contributed by atoms with E-state index in [1.54, 1.807) is 20.8 Å². The Morgan fingerprint density at radius 3 is 2.30 bits per heavy atom. The molecule has 1 unspecified atom stereocenters. The van der Waals surface area contributed by atoms with Gasteiger partial charge in [-0.15, -0.1) is 0 Å². The Labute approximate surface area is 120 Å². The van der Waals surface area contributed by atoms with E-state index < -0.39 is 29.2 Å². The van der Waals surface area contributed by atoms with Crippen LogP contribution in [0.3, 0.4) is 0 Å². The van der Waals surface area contributed by atoms with Crippen molar-refractivity contribution in [3.63, 3.8) is 0 Å². The predicted octanol–water partition coefficient (Wildman–Crippen LogP) is 2.02. The first kappa shape index (κ1) is 16.8. The Bertz CT molecular complexity index is 357. The number of alkyl carbamates (subject to hydrolysis) is 1. The number of ether oxygens (including phenoxy) is 1. The number of carboxylic acid groups (broad SMARTS) is 1. The molecule has 20 heavy (non-hydrogen) atoms. The van der Waals surface area contributed by atoms with E-state index in [2.05, 4.69) is 5.32 Å². The number of hydrogen-bond acceptors (Lipinski definition) is 4. The van der Waals surface area contributed by atoms with Crippen LogP contribution in [0.25, 0.3) is 0 Å². The number of carboxylic acids is 1. The third-order valence-corrected chi connectivity index (χ3v) is 3.60. The van der Waals surface area contributed by atoms with Gasteiger partial charge in [-0.1, -0.05) is 19.3 Å². The normalized spacial score (nSPS) is 20.0. The molecular formula is C14H26N2O4. The van der Waals surface area contributed by atoms with Crippen molar-refractivity contribution in [1.29, 1.82) is 0 Å². The number of nitrogens with two attached hydrogens (primary N) is 1. The molecule has 0 aromatic heterocycles. The zero-order valence-electron chi connectivity index (χ0n) is 12.6. The molecule has 0 aliphatic heterocycles. The van der Waals surface area contributed by atoms with Gasteiger partial charge in [0.25, 0.3) is 0 Å². The Balaban J connectivity index is 2.78. The van der Waals surface area contributed by atoms with Crippen LogP contribution in [0.4, 0.5) is 4.79 Å². The predicted molar refractivity (Wildman–Crippen MR) is 75.4 cm³/mol. The van der Waals surface area contributed by atoms with Crippen molar-refractivity contribution < 1.29 is 19.4 Å². The summed E-state index contributed by atoms with van der Waals surface area (Å²) in [5.41, 5.74) is 4.79. The van der Waals surface area contributed by atoms with E-state index in [1.165, 1.54) is 0 Å². The molecule has 1 saturated carbocycles. The number of carbonyl (C=O) groups excluding carboxylic acids is 1. The van der Waals surface area contributed by atoms with Crippen molar-refractivity contribution in [1.82, 2.24) is 5.32 Å². The molecule has 0 aromatic rings. The van der Waals surface area contributed by atoms with Gasteiger partial charge >= 0.3 is 12.1 Å². The molecule has 116 valence electrons. The van der Waals surface area contributed by atoms with Gasteiger partial charge in [0.05, 0.1) is 12.0 Å². The second-order valence-electron chi connectivity index (χ2n) is 6.55. The van der Waals surface area contributed by atoms with Crippen molar-refractivity contribution in [2.75, 3.05) is 0 Å². The first-order chi connectivity index (χ1) is 9.15. The van der Waals surface area contributed by atoms with Crippen molar-refractivity contribution in [3.05, 3.63) is 0 Å². The molecule has 1 aliphatic carbocycles. The Kier molecular flexibility index (Phi) is 5.39. The highest BCUT2D eigenvalue weighted by Crippen LogP contribution is 2.32. The molecule has 4 N–H and O–H groups in total. The minimum absolute atomic E-state index is 0.157. The Morgan fingerprint density at radius 1 is 1.30 bits per heavy atom. The summed E-state index contributed by atoms with van der Waals surface area (Å²) < 4.78 is 5.27. The van der Waals surface area contributed by atoms with Gasteiger partial charge in [-0.3, -0.25) is 4.79 Å². The number of nitrogens with one attached hydrogen (secondary N) is 1. The first-order valence-electron chi connectivity index (χ1n) is 7.13. The van der Waals surface area contributed by atoms with E-state index in [0.29, 0.717) is 12.8 Å². The summed E-state index contributed by atoms with van der Waals surface area (Å²) in [5, 5.41) is 11.8. The van der Waals surface area contributed by atoms with Crippen LogP contribution in [-0.2, 0) is 9.53 Å². The van der Waals surface area contributed by atoms with Gasteiger partial charge in [-0.2, -0.15) is 0 Å². The highest BCUT2D eigenvalue weighted by atomic mass is 16.6. The quantitative estimate of drug-likeness (QED) is 0.733. The number of carbonyl (C=O) groups is 2. The first-order valence-corrected chi connectivity index (χ1v) is 7.13. The van der Waals surface area contributed by atoms with Crippen LogP contribution in [0.15, 0.2) is 0 Å². The summed E-state index contributed by atoms with van der Waals surface area (Å²) in [6.45, 7) is 5.37. The average molecular weight is 286 g/mol. The molecule has 1 fully saturated rings. The highest BCUT2D eigenvalue weighted by Gasteiger charge is 2.41. The van der Waals surface area contributed by atoms with Gasteiger partial charge in [0.15, 0.2) is 0 Å². The standard InChI is InChI=1S/C14H26N2O4/c1-13(2,3)20-12(19)16-14(7-5-4-6-8-14)10(15)9-11(17)18/h10H,4-9,15H2,1-3H3,(H,16,19)(H,17,18). The Hall–Kier alpha value is -1.30. The summed E-state index contributed by atoms with van der Waals surface area (Å²) in [6, 6.07) is -0.604. The lowest BCUT2D eigenvalue weighted by atomic mass is 9.75. The van der Waals surface area contributed by atoms with E-state index in [4.69, 9.17) is 15.6 Å². The molecule has 0 spiro atoms. The average Bonchev–Trinajstić information content (AvgIpc) is 2.26. The maximum atomic E-state index is 12.0. The molecule has 1 amide bonds. The lowest BCUT2D eigenvalue weighted by Gasteiger charge is -2.42. The lowest BCUT2D eigenvalue weighted by molar-refractivity contribution is -0.138. The molecule has 1 rings (SSSR count). The number of amides is 1. The smallest absolute Gasteiger partial charge is 0.408 e. The molecule has 0 bridgehead atoms. The van der Waals surface area contributed by atoms with Gasteiger partial charge < -0.3 is 20.9 Å². The van der Waals surface area contributed by atoms with Gasteiger partial charge in [0, 0.05) is 6.04 Å². The van der Waals surface area contributed by atoms with Gasteiger partial charge in [0.1, 0.15) is 5.60 Å². The van der Waals surface area contributed by atoms with Crippen molar-refractivity contribution in [3.8, 4) is 0 Å². The minimum atomic E-state index is -0.951. The maximum Gasteiger partial charge on any atom is 0.408 e. The molecular weight excluding hydrogens is 260 g/mol. The zero-order chi connectivity index (χ0) is 15.4. The maximum absolute atomic E-state index is 12.0. The van der Waals surface area contributed by atoms with Crippen LogP contribution in [0.5, 0.6) is 0 Å². The number of rotatable bonds is 4. The zero-order valence-corrected chi connectivity index (χ0v) is 12.6. The van der Waals surface area contributed by atoms with Crippen molar-refractivity contribution >= 4 is 12.1 Å². The van der Waals surface area contributed by atoms with Gasteiger partial charge in [-0.25, -0.2) is 4.79 Å². The molecule has 0 saturated heterocycles. The van der Waals surface area contributed by atoms with Gasteiger partial charge in [0.2, 0.25) is 0 Å². The van der Waals surface area contributed by atoms with E-state index in [0.717, 1.165) is 19.3 Å². The molecule has 0 aromatic carbocycles. The molecule has 6 heteroatoms. The summed E-state index contributed by atoms with van der Waals surface area (Å²) in [4.78, 5) is 22.9. The lowest BCUT2D eigenvalue weighted by Crippen LogP contribution is -2.62. The van der Waals surface area contributed by atoms with E-state index in [9.17, 15) is 9.59 Å². The van der Waals surface area contributed by atoms with Crippen LogP contribution in [0.2, 0.25) is 0 Å². The number of aliphatic carboxylic acids is 1. The number of hydrogen-bond donors (Lipinski definition) is 3. The summed E-state index contributed by atoms with van der Waals surface area (Å²) in [5.74, 6) is -0.951. The second-order valence-corrected chi connectivity index (χ2v) is 6.55. The molecule has 6 nitrogen and oxygen atoms in total. The Morgan fingerprint density at radius 2 is 1.85 bits per heavy atom. The fraction of sp³-hybridized carbons (Fsp3) is 0.857. The third kappa shape index (κ3) is 5.00. The molecule has 0 heterocycles. The summed E-state index contributed by atoms with van der Waals surface area (Å²) >= 11 is 0. The highest BCUT2D eigenvalue weighted by molar-refractivity contribution is 5.70. The second kappa shape index (κ2) is 6.43. The minimum Gasteiger partial charge on any atom is -0.481 e. The van der Waals surface area contributed by atoms with Crippen LogP contribution < -0.4 is 11.1 Å². The monoisotopic (exact) mass is 286 g/mol. The van der Waals surface area contributed by atoms with Gasteiger partial charge in [-0.05, 0) is 33.6 Å². The molecule has 1 atom stereocenters. The van der Waals surface area contributed by atoms with Crippen LogP contribution in [0, 0.1) is 0 Å². The SMILES string of the molecule is CC(C)(C)OC(=O)NC1(C(N)CC(=O)O)CCCCC1. The topological polar surface area (TPSA) is 102 Å². The fourth-order valence-electron chi connectivity index (χ4n) is 2.66. The van der Waals surface area contributed by atoms with Crippen molar-refractivity contribution in [2.24, 2.45) is 5.73 Å². The van der Waals surface area contributed by atoms with Crippen LogP contribution in [-0.4, -0.2) is 34.4 Å². The molecule has 1 aliphatic rings. The van der Waals surface area contributed by atoms with Crippen molar-refractivity contribution in [2.45, 2.75) is 76.5 Å². The fourth-order valence-corrected chi connectivity index (χ4v) is 2.66. The van der Waals surface area contributed by atoms with E-state index in [1.807, 2.05) is 0 Å².